The summed E-state index contributed by atoms with van der Waals surface area (Å²) in [5, 5.41) is 7.07. The van der Waals surface area contributed by atoms with Crippen molar-refractivity contribution in [1.82, 2.24) is 10.9 Å². The van der Waals surface area contributed by atoms with Crippen LogP contribution in [0.3, 0.4) is 0 Å². The molecular formula is C16H18N4S2. The maximum atomic E-state index is 5.24. The Kier molecular flexibility index (Phi) is 5.68. The van der Waals surface area contributed by atoms with Crippen molar-refractivity contribution in [3.8, 4) is 0 Å². The summed E-state index contributed by atoms with van der Waals surface area (Å²) in [7, 11) is 0. The van der Waals surface area contributed by atoms with Gasteiger partial charge in [-0.15, -0.1) is 0 Å². The molecule has 2 rings (SSSR count). The lowest BCUT2D eigenvalue weighted by atomic mass is 10.1. The minimum atomic E-state index is 0.441. The average molecular weight is 330 g/mol. The van der Waals surface area contributed by atoms with Crippen LogP contribution in [0.1, 0.15) is 11.1 Å². The van der Waals surface area contributed by atoms with Crippen LogP contribution in [0, 0.1) is 13.8 Å². The van der Waals surface area contributed by atoms with Crippen molar-refractivity contribution in [2.24, 2.45) is 0 Å². The van der Waals surface area contributed by atoms with Crippen LogP contribution in [0.2, 0.25) is 0 Å². The van der Waals surface area contributed by atoms with Gasteiger partial charge in [-0.2, -0.15) is 0 Å². The van der Waals surface area contributed by atoms with Gasteiger partial charge >= 0.3 is 0 Å². The molecule has 0 unspecified atom stereocenters. The third kappa shape index (κ3) is 4.98. The van der Waals surface area contributed by atoms with Crippen LogP contribution >= 0.6 is 24.4 Å². The van der Waals surface area contributed by atoms with E-state index in [2.05, 4.69) is 34.5 Å². The molecular weight excluding hydrogens is 312 g/mol. The maximum Gasteiger partial charge on any atom is 0.189 e. The SMILES string of the molecule is Cc1ccc(NC(=S)NNC(=S)Nc2ccccc2)c(C)c1. The third-order valence-corrected chi connectivity index (χ3v) is 3.36. The number of aryl methyl sites for hydroxylation is 2. The van der Waals surface area contributed by atoms with E-state index in [9.17, 15) is 0 Å². The molecule has 0 saturated carbocycles. The lowest BCUT2D eigenvalue weighted by Crippen LogP contribution is -2.45. The fourth-order valence-electron chi connectivity index (χ4n) is 1.90. The van der Waals surface area contributed by atoms with Gasteiger partial charge in [-0.05, 0) is 62.0 Å². The van der Waals surface area contributed by atoms with Crippen LogP contribution in [0.15, 0.2) is 48.5 Å². The van der Waals surface area contributed by atoms with E-state index < -0.39 is 0 Å². The minimum absolute atomic E-state index is 0.441. The van der Waals surface area contributed by atoms with E-state index in [1.54, 1.807) is 0 Å². The molecule has 0 bridgehead atoms. The summed E-state index contributed by atoms with van der Waals surface area (Å²) in [6, 6.07) is 15.8. The van der Waals surface area contributed by atoms with Crippen LogP contribution in [-0.2, 0) is 0 Å². The first-order chi connectivity index (χ1) is 10.5. The fraction of sp³-hybridized carbons (Fsp3) is 0.125. The molecule has 2 aromatic carbocycles. The number of para-hydroxylation sites is 1. The topological polar surface area (TPSA) is 48.1 Å². The van der Waals surface area contributed by atoms with Gasteiger partial charge < -0.3 is 10.6 Å². The van der Waals surface area contributed by atoms with Crippen molar-refractivity contribution in [2.75, 3.05) is 10.6 Å². The first-order valence-electron chi connectivity index (χ1n) is 6.81. The molecule has 0 aliphatic carbocycles. The molecule has 22 heavy (non-hydrogen) atoms. The van der Waals surface area contributed by atoms with Crippen molar-refractivity contribution in [1.29, 1.82) is 0 Å². The van der Waals surface area contributed by atoms with Gasteiger partial charge in [-0.1, -0.05) is 35.9 Å². The Morgan fingerprint density at radius 3 is 2.09 bits per heavy atom. The molecule has 6 heteroatoms. The van der Waals surface area contributed by atoms with Crippen LogP contribution in [0.4, 0.5) is 11.4 Å². The van der Waals surface area contributed by atoms with E-state index in [4.69, 9.17) is 24.4 Å². The lowest BCUT2D eigenvalue weighted by molar-refractivity contribution is 0.885. The van der Waals surface area contributed by atoms with Gasteiger partial charge in [0, 0.05) is 11.4 Å². The van der Waals surface area contributed by atoms with E-state index in [-0.39, 0.29) is 0 Å². The Morgan fingerprint density at radius 2 is 1.45 bits per heavy atom. The molecule has 2 aromatic rings. The second kappa shape index (κ2) is 7.72. The summed E-state index contributed by atoms with van der Waals surface area (Å²) in [5.74, 6) is 0. The van der Waals surface area contributed by atoms with Gasteiger partial charge in [-0.3, -0.25) is 10.9 Å². The third-order valence-electron chi connectivity index (χ3n) is 2.95. The largest absolute Gasteiger partial charge is 0.331 e. The van der Waals surface area contributed by atoms with Gasteiger partial charge in [0.05, 0.1) is 0 Å². The lowest BCUT2D eigenvalue weighted by Gasteiger charge is -2.15. The highest BCUT2D eigenvalue weighted by atomic mass is 32.1. The molecule has 0 aliphatic heterocycles. The zero-order chi connectivity index (χ0) is 15.9. The van der Waals surface area contributed by atoms with Crippen LogP contribution in [0.5, 0.6) is 0 Å². The Morgan fingerprint density at radius 1 is 0.818 bits per heavy atom. The molecule has 0 saturated heterocycles. The Bertz CT molecular complexity index is 671. The molecule has 0 heterocycles. The predicted molar refractivity (Wildman–Crippen MR) is 101 cm³/mol. The number of hydrogen-bond donors (Lipinski definition) is 4. The second-order valence-electron chi connectivity index (χ2n) is 4.84. The number of benzene rings is 2. The molecule has 0 aliphatic rings. The summed E-state index contributed by atoms with van der Waals surface area (Å²) in [4.78, 5) is 0. The maximum absolute atomic E-state index is 5.24. The van der Waals surface area contributed by atoms with Gasteiger partial charge in [0.25, 0.3) is 0 Å². The minimum Gasteiger partial charge on any atom is -0.331 e. The number of hydrogen-bond acceptors (Lipinski definition) is 2. The molecule has 114 valence electrons. The summed E-state index contributed by atoms with van der Waals surface area (Å²) >= 11 is 10.4. The van der Waals surface area contributed by atoms with Gasteiger partial charge in [0.15, 0.2) is 10.2 Å². The molecule has 4 N–H and O–H groups in total. The molecule has 0 spiro atoms. The number of nitrogens with one attached hydrogen (secondary N) is 4. The van der Waals surface area contributed by atoms with E-state index in [0.717, 1.165) is 16.9 Å². The average Bonchev–Trinajstić information content (AvgIpc) is 2.49. The summed E-state index contributed by atoms with van der Waals surface area (Å²) in [5.41, 5.74) is 9.93. The molecule has 0 amide bonds. The fourth-order valence-corrected chi connectivity index (χ4v) is 2.23. The summed E-state index contributed by atoms with van der Waals surface area (Å²) in [6.45, 7) is 4.09. The zero-order valence-corrected chi connectivity index (χ0v) is 14.1. The van der Waals surface area contributed by atoms with Crippen molar-refractivity contribution in [2.45, 2.75) is 13.8 Å². The number of hydrazine groups is 1. The van der Waals surface area contributed by atoms with Crippen molar-refractivity contribution < 1.29 is 0 Å². The Hall–Kier alpha value is -2.18. The summed E-state index contributed by atoms with van der Waals surface area (Å²) < 4.78 is 0. The van der Waals surface area contributed by atoms with Gasteiger partial charge in [-0.25, -0.2) is 0 Å². The number of thiocarbonyl (C=S) groups is 2. The molecule has 0 fully saturated rings. The Balaban J connectivity index is 1.81. The standard InChI is InChI=1S/C16H18N4S2/c1-11-8-9-14(12(2)10-11)18-16(22)20-19-15(21)17-13-6-4-3-5-7-13/h3-10H,1-2H3,(H2,17,19,21)(H2,18,20,22). The normalized spacial score (nSPS) is 9.73. The van der Waals surface area contributed by atoms with Crippen molar-refractivity contribution >= 4 is 46.0 Å². The van der Waals surface area contributed by atoms with E-state index in [1.807, 2.05) is 49.4 Å². The monoisotopic (exact) mass is 330 g/mol. The summed E-state index contributed by atoms with van der Waals surface area (Å²) in [6.07, 6.45) is 0. The van der Waals surface area contributed by atoms with E-state index >= 15 is 0 Å². The van der Waals surface area contributed by atoms with Crippen molar-refractivity contribution in [3.05, 3.63) is 59.7 Å². The van der Waals surface area contributed by atoms with Gasteiger partial charge in [0.2, 0.25) is 0 Å². The van der Waals surface area contributed by atoms with E-state index in [0.29, 0.717) is 10.2 Å². The van der Waals surface area contributed by atoms with Crippen LogP contribution in [-0.4, -0.2) is 10.2 Å². The molecule has 4 nitrogen and oxygen atoms in total. The first-order valence-corrected chi connectivity index (χ1v) is 7.62. The quantitative estimate of drug-likeness (QED) is 0.499. The smallest absolute Gasteiger partial charge is 0.189 e. The highest BCUT2D eigenvalue weighted by Gasteiger charge is 2.02. The number of rotatable bonds is 2. The number of anilines is 2. The van der Waals surface area contributed by atoms with E-state index in [1.165, 1.54) is 5.56 Å². The predicted octanol–water partition coefficient (Wildman–Crippen LogP) is 3.49. The van der Waals surface area contributed by atoms with Crippen LogP contribution in [0.25, 0.3) is 0 Å². The van der Waals surface area contributed by atoms with Crippen LogP contribution < -0.4 is 21.5 Å². The highest BCUT2D eigenvalue weighted by molar-refractivity contribution is 7.81. The van der Waals surface area contributed by atoms with Crippen molar-refractivity contribution in [3.63, 3.8) is 0 Å². The second-order valence-corrected chi connectivity index (χ2v) is 5.66. The van der Waals surface area contributed by atoms with Gasteiger partial charge in [0.1, 0.15) is 0 Å². The zero-order valence-electron chi connectivity index (χ0n) is 12.4. The molecule has 0 radical (unpaired) electrons. The highest BCUT2D eigenvalue weighted by Crippen LogP contribution is 2.15. The first kappa shape index (κ1) is 16.2. The molecule has 0 aromatic heterocycles. The Labute approximate surface area is 141 Å². The molecule has 0 atom stereocenters.